The maximum absolute atomic E-state index is 13.5. The van der Waals surface area contributed by atoms with Crippen LogP contribution in [0.1, 0.15) is 32.6 Å². The van der Waals surface area contributed by atoms with Crippen LogP contribution in [-0.4, -0.2) is 48.1 Å². The molecule has 7 heteroatoms. The number of nitrogens with zero attached hydrogens (tertiary/aromatic N) is 2. The van der Waals surface area contributed by atoms with Gasteiger partial charge in [0.05, 0.1) is 29.6 Å². The average molecular weight is 427 g/mol. The number of morpholine rings is 1. The molecule has 1 aromatic heterocycles. The molecule has 0 saturated carbocycles. The third kappa shape index (κ3) is 3.87. The Bertz CT molecular complexity index is 956. The molecule has 0 spiro atoms. The monoisotopic (exact) mass is 426 g/mol. The minimum atomic E-state index is -0.290. The first-order valence-electron chi connectivity index (χ1n) is 10.2. The zero-order valence-corrected chi connectivity index (χ0v) is 18.4. The minimum absolute atomic E-state index is 0.0183. The van der Waals surface area contributed by atoms with Gasteiger partial charge in [-0.3, -0.25) is 9.59 Å². The van der Waals surface area contributed by atoms with Gasteiger partial charge in [0.25, 0.3) is 11.8 Å². The van der Waals surface area contributed by atoms with Gasteiger partial charge in [0.15, 0.2) is 0 Å². The molecule has 2 unspecified atom stereocenters. The zero-order chi connectivity index (χ0) is 21.4. The second kappa shape index (κ2) is 8.24. The standard InChI is InChI=1S/C23H26N2O4S/c1-14(2)28-18-9-7-17(8-10-18)25-22(26)20(19-6-5-11-30-19)21(23(25)27)24-12-15(3)29-16(4)13-24/h5-11,14-16H,12-13H2,1-4H3. The van der Waals surface area contributed by atoms with Crippen molar-refractivity contribution in [2.75, 3.05) is 18.0 Å². The first kappa shape index (κ1) is 20.6. The first-order valence-corrected chi connectivity index (χ1v) is 11.1. The molecule has 0 bridgehead atoms. The number of amides is 2. The molecule has 0 N–H and O–H groups in total. The van der Waals surface area contributed by atoms with Crippen molar-refractivity contribution in [2.45, 2.75) is 46.0 Å². The van der Waals surface area contributed by atoms with Crippen molar-refractivity contribution in [3.05, 3.63) is 52.4 Å². The summed E-state index contributed by atoms with van der Waals surface area (Å²) in [5, 5.41) is 1.92. The molecule has 2 amide bonds. The Kier molecular flexibility index (Phi) is 5.66. The maximum atomic E-state index is 13.5. The van der Waals surface area contributed by atoms with Crippen LogP contribution < -0.4 is 9.64 Å². The Balaban J connectivity index is 1.72. The van der Waals surface area contributed by atoms with Gasteiger partial charge < -0.3 is 14.4 Å². The highest BCUT2D eigenvalue weighted by Gasteiger charge is 2.44. The van der Waals surface area contributed by atoms with Crippen LogP contribution in [0, 0.1) is 0 Å². The molecule has 0 radical (unpaired) electrons. The molecule has 2 aromatic rings. The van der Waals surface area contributed by atoms with Gasteiger partial charge in [-0.05, 0) is 63.4 Å². The summed E-state index contributed by atoms with van der Waals surface area (Å²) >= 11 is 1.47. The largest absolute Gasteiger partial charge is 0.491 e. The van der Waals surface area contributed by atoms with Crippen LogP contribution in [0.25, 0.3) is 5.57 Å². The van der Waals surface area contributed by atoms with E-state index < -0.39 is 0 Å². The van der Waals surface area contributed by atoms with E-state index in [1.165, 1.54) is 16.2 Å². The number of hydrogen-bond acceptors (Lipinski definition) is 6. The molecule has 1 aromatic carbocycles. The summed E-state index contributed by atoms with van der Waals surface area (Å²) in [6.45, 7) is 9.02. The average Bonchev–Trinajstić information content (AvgIpc) is 3.27. The van der Waals surface area contributed by atoms with Crippen molar-refractivity contribution < 1.29 is 19.1 Å². The van der Waals surface area contributed by atoms with E-state index >= 15 is 0 Å². The molecule has 30 heavy (non-hydrogen) atoms. The lowest BCUT2D eigenvalue weighted by atomic mass is 10.1. The third-order valence-electron chi connectivity index (χ3n) is 5.03. The van der Waals surface area contributed by atoms with Gasteiger partial charge in [-0.25, -0.2) is 4.90 Å². The van der Waals surface area contributed by atoms with Crippen LogP contribution in [0.2, 0.25) is 0 Å². The van der Waals surface area contributed by atoms with Gasteiger partial charge in [-0.15, -0.1) is 11.3 Å². The lowest BCUT2D eigenvalue weighted by Crippen LogP contribution is -2.47. The highest BCUT2D eigenvalue weighted by molar-refractivity contribution is 7.11. The summed E-state index contributed by atoms with van der Waals surface area (Å²) in [7, 11) is 0. The smallest absolute Gasteiger partial charge is 0.282 e. The second-order valence-electron chi connectivity index (χ2n) is 7.97. The molecule has 1 fully saturated rings. The molecular formula is C23H26N2O4S. The molecule has 2 atom stereocenters. The predicted octanol–water partition coefficient (Wildman–Crippen LogP) is 3.93. The molecule has 2 aliphatic heterocycles. The van der Waals surface area contributed by atoms with Gasteiger partial charge in [-0.2, -0.15) is 0 Å². The van der Waals surface area contributed by atoms with Crippen LogP contribution in [0.15, 0.2) is 47.5 Å². The number of carbonyl (C=O) groups excluding carboxylic acids is 2. The van der Waals surface area contributed by atoms with Gasteiger partial charge in [0, 0.05) is 18.0 Å². The summed E-state index contributed by atoms with van der Waals surface area (Å²) < 4.78 is 11.5. The number of thiophene rings is 1. The van der Waals surface area contributed by atoms with E-state index in [9.17, 15) is 9.59 Å². The number of benzene rings is 1. The van der Waals surface area contributed by atoms with E-state index in [0.717, 1.165) is 4.88 Å². The van der Waals surface area contributed by atoms with Crippen LogP contribution in [0.5, 0.6) is 5.75 Å². The Hall–Kier alpha value is -2.64. The van der Waals surface area contributed by atoms with E-state index in [1.54, 1.807) is 24.3 Å². The summed E-state index contributed by atoms with van der Waals surface area (Å²) in [4.78, 5) is 31.1. The van der Waals surface area contributed by atoms with E-state index in [0.29, 0.717) is 35.8 Å². The fourth-order valence-electron chi connectivity index (χ4n) is 4.00. The quantitative estimate of drug-likeness (QED) is 0.678. The van der Waals surface area contributed by atoms with Crippen molar-refractivity contribution in [2.24, 2.45) is 0 Å². The molecule has 3 heterocycles. The predicted molar refractivity (Wildman–Crippen MR) is 118 cm³/mol. The van der Waals surface area contributed by atoms with E-state index in [4.69, 9.17) is 9.47 Å². The van der Waals surface area contributed by atoms with Crippen molar-refractivity contribution in [1.82, 2.24) is 4.90 Å². The fourth-order valence-corrected chi connectivity index (χ4v) is 4.76. The Morgan fingerprint density at radius 3 is 2.27 bits per heavy atom. The number of ether oxygens (including phenoxy) is 2. The number of rotatable bonds is 5. The lowest BCUT2D eigenvalue weighted by Gasteiger charge is -2.37. The van der Waals surface area contributed by atoms with Crippen LogP contribution >= 0.6 is 11.3 Å². The van der Waals surface area contributed by atoms with E-state index in [1.807, 2.05) is 50.1 Å². The van der Waals surface area contributed by atoms with Crippen LogP contribution in [0.4, 0.5) is 5.69 Å². The minimum Gasteiger partial charge on any atom is -0.491 e. The fraction of sp³-hybridized carbons (Fsp3) is 0.391. The first-order chi connectivity index (χ1) is 14.3. The highest BCUT2D eigenvalue weighted by Crippen LogP contribution is 2.37. The molecule has 0 aliphatic carbocycles. The SMILES string of the molecule is CC(C)Oc1ccc(N2C(=O)C(c3cccs3)=C(N3CC(C)OC(C)C3)C2=O)cc1. The van der Waals surface area contributed by atoms with Gasteiger partial charge in [-0.1, -0.05) is 6.07 Å². The van der Waals surface area contributed by atoms with E-state index in [-0.39, 0.29) is 30.1 Å². The van der Waals surface area contributed by atoms with Crippen molar-refractivity contribution in [1.29, 1.82) is 0 Å². The molecule has 6 nitrogen and oxygen atoms in total. The van der Waals surface area contributed by atoms with Crippen molar-refractivity contribution in [3.63, 3.8) is 0 Å². The molecular weight excluding hydrogens is 400 g/mol. The number of hydrogen-bond donors (Lipinski definition) is 0. The van der Waals surface area contributed by atoms with Gasteiger partial charge in [0.1, 0.15) is 11.4 Å². The van der Waals surface area contributed by atoms with Crippen LogP contribution in [0.3, 0.4) is 0 Å². The number of carbonyl (C=O) groups is 2. The van der Waals surface area contributed by atoms with Gasteiger partial charge in [0.2, 0.25) is 0 Å². The lowest BCUT2D eigenvalue weighted by molar-refractivity contribution is -0.121. The Labute approximate surface area is 180 Å². The zero-order valence-electron chi connectivity index (χ0n) is 17.6. The summed E-state index contributed by atoms with van der Waals surface area (Å²) in [6.07, 6.45) is 0.0143. The number of anilines is 1. The Morgan fingerprint density at radius 2 is 1.70 bits per heavy atom. The van der Waals surface area contributed by atoms with E-state index in [2.05, 4.69) is 0 Å². The molecule has 158 valence electrons. The van der Waals surface area contributed by atoms with Crippen molar-refractivity contribution >= 4 is 34.4 Å². The number of imide groups is 1. The highest BCUT2D eigenvalue weighted by atomic mass is 32.1. The summed E-state index contributed by atoms with van der Waals surface area (Å²) in [6, 6.07) is 10.9. The van der Waals surface area contributed by atoms with Crippen LogP contribution in [-0.2, 0) is 14.3 Å². The molecule has 4 rings (SSSR count). The second-order valence-corrected chi connectivity index (χ2v) is 8.92. The van der Waals surface area contributed by atoms with Gasteiger partial charge >= 0.3 is 0 Å². The normalized spacial score (nSPS) is 22.4. The summed E-state index contributed by atoms with van der Waals surface area (Å²) in [5.74, 6) is 0.124. The summed E-state index contributed by atoms with van der Waals surface area (Å²) in [5.41, 5.74) is 1.48. The molecule has 2 aliphatic rings. The molecule has 1 saturated heterocycles. The maximum Gasteiger partial charge on any atom is 0.282 e. The van der Waals surface area contributed by atoms with Crippen molar-refractivity contribution in [3.8, 4) is 5.75 Å². The topological polar surface area (TPSA) is 59.1 Å². The Morgan fingerprint density at radius 1 is 1.03 bits per heavy atom. The third-order valence-corrected chi connectivity index (χ3v) is 5.92.